The van der Waals surface area contributed by atoms with E-state index in [4.69, 9.17) is 23.8 Å². The van der Waals surface area contributed by atoms with Gasteiger partial charge in [0.05, 0.1) is 16.1 Å². The largest absolute Gasteiger partial charge is 0.331 e. The number of hydrogen-bond donors (Lipinski definition) is 1. The average molecular weight is 323 g/mol. The van der Waals surface area contributed by atoms with Gasteiger partial charge in [-0.1, -0.05) is 37.6 Å². The molecule has 0 aliphatic rings. The fourth-order valence-corrected chi connectivity index (χ4v) is 3.85. The molecule has 0 spiro atoms. The third-order valence-electron chi connectivity index (χ3n) is 3.49. The second-order valence-corrected chi connectivity index (χ2v) is 7.26. The molecule has 5 heteroatoms. The number of aromatic amines is 1. The van der Waals surface area contributed by atoms with E-state index in [0.29, 0.717) is 0 Å². The first-order valence-electron chi connectivity index (χ1n) is 6.40. The van der Waals surface area contributed by atoms with Crippen LogP contribution in [0.2, 0.25) is 5.02 Å². The number of thiophene rings is 1. The maximum Gasteiger partial charge on any atom is 0.178 e. The van der Waals surface area contributed by atoms with Crippen LogP contribution < -0.4 is 0 Å². The monoisotopic (exact) mass is 322 g/mol. The number of rotatable bonds is 3. The summed E-state index contributed by atoms with van der Waals surface area (Å²) in [5.74, 6) is 0. The molecular weight excluding hydrogens is 308 g/mol. The lowest BCUT2D eigenvalue weighted by Gasteiger charge is -2.24. The number of nitrogens with zero attached hydrogens (tertiary/aromatic N) is 1. The lowest BCUT2D eigenvalue weighted by Crippen LogP contribution is -2.23. The molecule has 2 aromatic heterocycles. The van der Waals surface area contributed by atoms with E-state index in [9.17, 15) is 0 Å². The molecule has 0 aliphatic carbocycles. The van der Waals surface area contributed by atoms with Crippen molar-refractivity contribution < 1.29 is 0 Å². The Hall–Kier alpha value is -1.10. The first-order valence-corrected chi connectivity index (χ1v) is 8.07. The molecule has 0 bridgehead atoms. The standard InChI is InChI=1S/C15H15ClN2S2/c1-15(2,12-7-4-8-20-12)9-18-13-10(16)5-3-6-11(13)17-14(18)19/h3-8H,9H2,1-2H3,(H,17,19). The highest BCUT2D eigenvalue weighted by molar-refractivity contribution is 7.71. The number of imidazole rings is 1. The van der Waals surface area contributed by atoms with Crippen molar-refractivity contribution in [2.45, 2.75) is 25.8 Å². The molecule has 2 nitrogen and oxygen atoms in total. The van der Waals surface area contributed by atoms with Gasteiger partial charge in [0.2, 0.25) is 0 Å². The number of aromatic nitrogens is 2. The number of fused-ring (bicyclic) bond motifs is 1. The molecule has 0 fully saturated rings. The van der Waals surface area contributed by atoms with Gasteiger partial charge in [0.25, 0.3) is 0 Å². The first kappa shape index (κ1) is 13.9. The number of benzene rings is 1. The number of H-pyrrole nitrogens is 1. The smallest absolute Gasteiger partial charge is 0.178 e. The molecule has 1 aromatic carbocycles. The zero-order chi connectivity index (χ0) is 14.3. The number of nitrogens with one attached hydrogen (secondary N) is 1. The molecule has 0 aliphatic heterocycles. The van der Waals surface area contributed by atoms with Gasteiger partial charge in [0.1, 0.15) is 0 Å². The Bertz CT molecular complexity index is 797. The van der Waals surface area contributed by atoms with Crippen LogP contribution in [0.15, 0.2) is 35.7 Å². The van der Waals surface area contributed by atoms with Crippen LogP contribution in [0.3, 0.4) is 0 Å². The van der Waals surface area contributed by atoms with Gasteiger partial charge in [-0.05, 0) is 35.8 Å². The van der Waals surface area contributed by atoms with Crippen LogP contribution in [0.4, 0.5) is 0 Å². The van der Waals surface area contributed by atoms with Crippen molar-refractivity contribution in [1.29, 1.82) is 0 Å². The quantitative estimate of drug-likeness (QED) is 0.641. The summed E-state index contributed by atoms with van der Waals surface area (Å²) in [6.45, 7) is 5.27. The minimum absolute atomic E-state index is 0.0146. The van der Waals surface area contributed by atoms with Crippen LogP contribution in [0.1, 0.15) is 18.7 Å². The Kier molecular flexibility index (Phi) is 3.48. The summed E-state index contributed by atoms with van der Waals surface area (Å²) in [7, 11) is 0. The van der Waals surface area contributed by atoms with Crippen molar-refractivity contribution in [2.75, 3.05) is 0 Å². The normalized spacial score (nSPS) is 12.2. The lowest BCUT2D eigenvalue weighted by atomic mass is 9.91. The van der Waals surface area contributed by atoms with Crippen molar-refractivity contribution in [3.8, 4) is 0 Å². The Morgan fingerprint density at radius 1 is 1.30 bits per heavy atom. The van der Waals surface area contributed by atoms with Crippen molar-refractivity contribution in [3.63, 3.8) is 0 Å². The number of halogens is 1. The molecule has 104 valence electrons. The van der Waals surface area contributed by atoms with E-state index < -0.39 is 0 Å². The van der Waals surface area contributed by atoms with E-state index in [1.807, 2.05) is 18.2 Å². The Morgan fingerprint density at radius 2 is 2.10 bits per heavy atom. The second-order valence-electron chi connectivity index (χ2n) is 5.51. The molecule has 2 heterocycles. The summed E-state index contributed by atoms with van der Waals surface area (Å²) in [5.41, 5.74) is 1.99. The predicted molar refractivity (Wildman–Crippen MR) is 89.5 cm³/mol. The molecule has 0 amide bonds. The van der Waals surface area contributed by atoms with Gasteiger partial charge < -0.3 is 9.55 Å². The summed E-state index contributed by atoms with van der Waals surface area (Å²) >= 11 is 13.6. The van der Waals surface area contributed by atoms with E-state index in [1.54, 1.807) is 11.3 Å². The SMILES string of the molecule is CC(C)(Cn1c(=S)[nH]c2cccc(Cl)c21)c1cccs1. The van der Waals surface area contributed by atoms with E-state index in [-0.39, 0.29) is 5.41 Å². The van der Waals surface area contributed by atoms with Gasteiger partial charge in [0.15, 0.2) is 4.77 Å². The van der Waals surface area contributed by atoms with E-state index in [0.717, 1.165) is 27.4 Å². The van der Waals surface area contributed by atoms with Crippen LogP contribution in [0.5, 0.6) is 0 Å². The summed E-state index contributed by atoms with van der Waals surface area (Å²) in [5, 5.41) is 2.84. The molecule has 0 atom stereocenters. The number of hydrogen-bond acceptors (Lipinski definition) is 2. The molecule has 0 saturated heterocycles. The van der Waals surface area contributed by atoms with Gasteiger partial charge in [-0.3, -0.25) is 0 Å². The maximum atomic E-state index is 6.34. The van der Waals surface area contributed by atoms with Crippen molar-refractivity contribution >= 4 is 46.2 Å². The van der Waals surface area contributed by atoms with Crippen LogP contribution in [-0.2, 0) is 12.0 Å². The van der Waals surface area contributed by atoms with Gasteiger partial charge in [0, 0.05) is 16.8 Å². The zero-order valence-corrected chi connectivity index (χ0v) is 13.7. The third-order valence-corrected chi connectivity index (χ3v) is 5.35. The molecular formula is C15H15ClN2S2. The Labute approximate surface area is 132 Å². The van der Waals surface area contributed by atoms with E-state index in [2.05, 4.69) is 40.9 Å². The maximum absolute atomic E-state index is 6.34. The summed E-state index contributed by atoms with van der Waals surface area (Å²) in [4.78, 5) is 4.58. The molecule has 3 aromatic rings. The van der Waals surface area contributed by atoms with Crippen LogP contribution in [0.25, 0.3) is 11.0 Å². The van der Waals surface area contributed by atoms with Crippen molar-refractivity contribution in [1.82, 2.24) is 9.55 Å². The highest BCUT2D eigenvalue weighted by Crippen LogP contribution is 2.32. The van der Waals surface area contributed by atoms with Gasteiger partial charge in [-0.15, -0.1) is 11.3 Å². The summed E-state index contributed by atoms with van der Waals surface area (Å²) in [6, 6.07) is 10.1. The van der Waals surface area contributed by atoms with Gasteiger partial charge >= 0.3 is 0 Å². The highest BCUT2D eigenvalue weighted by Gasteiger charge is 2.24. The van der Waals surface area contributed by atoms with Crippen LogP contribution in [0, 0.1) is 4.77 Å². The molecule has 1 N–H and O–H groups in total. The van der Waals surface area contributed by atoms with Crippen molar-refractivity contribution in [3.05, 3.63) is 50.4 Å². The lowest BCUT2D eigenvalue weighted by molar-refractivity contribution is 0.447. The van der Waals surface area contributed by atoms with E-state index in [1.165, 1.54) is 4.88 Å². The third kappa shape index (κ3) is 2.32. The average Bonchev–Trinajstić information content (AvgIpc) is 2.99. The minimum atomic E-state index is 0.0146. The zero-order valence-electron chi connectivity index (χ0n) is 11.3. The first-order chi connectivity index (χ1) is 9.49. The molecule has 0 radical (unpaired) electrons. The topological polar surface area (TPSA) is 20.7 Å². The summed E-state index contributed by atoms with van der Waals surface area (Å²) in [6.07, 6.45) is 0. The van der Waals surface area contributed by atoms with E-state index >= 15 is 0 Å². The summed E-state index contributed by atoms with van der Waals surface area (Å²) < 4.78 is 2.82. The molecule has 3 rings (SSSR count). The predicted octanol–water partition coefficient (Wildman–Crippen LogP) is 5.39. The van der Waals surface area contributed by atoms with Gasteiger partial charge in [-0.2, -0.15) is 0 Å². The Balaban J connectivity index is 2.12. The molecule has 20 heavy (non-hydrogen) atoms. The minimum Gasteiger partial charge on any atom is -0.331 e. The van der Waals surface area contributed by atoms with Gasteiger partial charge in [-0.25, -0.2) is 0 Å². The molecule has 0 saturated carbocycles. The fraction of sp³-hybridized carbons (Fsp3) is 0.267. The second kappa shape index (κ2) is 5.02. The van der Waals surface area contributed by atoms with Crippen LogP contribution >= 0.6 is 35.2 Å². The highest BCUT2D eigenvalue weighted by atomic mass is 35.5. The number of para-hydroxylation sites is 1. The fourth-order valence-electron chi connectivity index (χ4n) is 2.46. The molecule has 0 unspecified atom stereocenters. The van der Waals surface area contributed by atoms with Crippen LogP contribution in [-0.4, -0.2) is 9.55 Å². The Morgan fingerprint density at radius 3 is 2.80 bits per heavy atom. The van der Waals surface area contributed by atoms with Crippen molar-refractivity contribution in [2.24, 2.45) is 0 Å².